The maximum absolute atomic E-state index is 6.07. The molecule has 0 spiro atoms. The number of nitrogens with zero attached hydrogens (tertiary/aromatic N) is 1. The SMILES string of the molecule is CCNC(c1ccc(Cl)c(Cl)c1)c1nc(C)cs1. The molecule has 0 aliphatic rings. The van der Waals surface area contributed by atoms with Crippen LogP contribution in [0.5, 0.6) is 0 Å². The zero-order valence-electron chi connectivity index (χ0n) is 10.2. The monoisotopic (exact) mass is 300 g/mol. The summed E-state index contributed by atoms with van der Waals surface area (Å²) in [6.07, 6.45) is 0. The molecule has 0 aliphatic carbocycles. The van der Waals surface area contributed by atoms with E-state index in [2.05, 4.69) is 22.6 Å². The molecule has 0 bridgehead atoms. The molecule has 0 fully saturated rings. The van der Waals surface area contributed by atoms with Crippen LogP contribution in [0.25, 0.3) is 0 Å². The largest absolute Gasteiger partial charge is 0.305 e. The first kappa shape index (κ1) is 13.8. The van der Waals surface area contributed by atoms with Crippen LogP contribution in [0.3, 0.4) is 0 Å². The Balaban J connectivity index is 2.37. The Hall–Kier alpha value is -0.610. The lowest BCUT2D eigenvalue weighted by Crippen LogP contribution is -2.21. The first-order valence-corrected chi connectivity index (χ1v) is 7.35. The zero-order valence-corrected chi connectivity index (χ0v) is 12.5. The first-order valence-electron chi connectivity index (χ1n) is 5.72. The zero-order chi connectivity index (χ0) is 13.1. The molecule has 2 aromatic rings. The van der Waals surface area contributed by atoms with Crippen LogP contribution in [-0.2, 0) is 0 Å². The van der Waals surface area contributed by atoms with Gasteiger partial charge in [-0.3, -0.25) is 0 Å². The number of aromatic nitrogens is 1. The van der Waals surface area contributed by atoms with Gasteiger partial charge in [0.2, 0.25) is 0 Å². The number of hydrogen-bond donors (Lipinski definition) is 1. The highest BCUT2D eigenvalue weighted by Crippen LogP contribution is 2.30. The topological polar surface area (TPSA) is 24.9 Å². The lowest BCUT2D eigenvalue weighted by Gasteiger charge is -2.16. The summed E-state index contributed by atoms with van der Waals surface area (Å²) in [5, 5.41) is 7.67. The van der Waals surface area contributed by atoms with E-state index in [0.29, 0.717) is 10.0 Å². The van der Waals surface area contributed by atoms with Crippen LogP contribution in [0, 0.1) is 6.92 Å². The van der Waals surface area contributed by atoms with E-state index in [0.717, 1.165) is 22.8 Å². The maximum atomic E-state index is 6.07. The van der Waals surface area contributed by atoms with Crippen molar-refractivity contribution in [3.05, 3.63) is 49.9 Å². The third kappa shape index (κ3) is 3.04. The molecule has 1 unspecified atom stereocenters. The van der Waals surface area contributed by atoms with Crippen molar-refractivity contribution in [3.8, 4) is 0 Å². The van der Waals surface area contributed by atoms with Crippen molar-refractivity contribution in [1.29, 1.82) is 0 Å². The fraction of sp³-hybridized carbons (Fsp3) is 0.308. The van der Waals surface area contributed by atoms with Crippen molar-refractivity contribution in [3.63, 3.8) is 0 Å². The van der Waals surface area contributed by atoms with Crippen LogP contribution in [0.1, 0.15) is 29.2 Å². The third-order valence-corrected chi connectivity index (χ3v) is 4.34. The van der Waals surface area contributed by atoms with Crippen LogP contribution >= 0.6 is 34.5 Å². The van der Waals surface area contributed by atoms with Gasteiger partial charge in [0.05, 0.1) is 16.1 Å². The highest BCUT2D eigenvalue weighted by molar-refractivity contribution is 7.09. The number of nitrogens with one attached hydrogen (secondary N) is 1. The summed E-state index contributed by atoms with van der Waals surface area (Å²) in [4.78, 5) is 4.54. The second-order valence-corrected chi connectivity index (χ2v) is 5.70. The summed E-state index contributed by atoms with van der Waals surface area (Å²) in [7, 11) is 0. The van der Waals surface area contributed by atoms with Crippen molar-refractivity contribution < 1.29 is 0 Å². The van der Waals surface area contributed by atoms with E-state index in [4.69, 9.17) is 23.2 Å². The Kier molecular flexibility index (Phi) is 4.62. The van der Waals surface area contributed by atoms with Crippen molar-refractivity contribution >= 4 is 34.5 Å². The molecule has 0 saturated carbocycles. The van der Waals surface area contributed by atoms with Gasteiger partial charge in [-0.05, 0) is 31.2 Å². The molecule has 1 aromatic carbocycles. The average molecular weight is 301 g/mol. The van der Waals surface area contributed by atoms with E-state index in [1.165, 1.54) is 0 Å². The fourth-order valence-electron chi connectivity index (χ4n) is 1.75. The quantitative estimate of drug-likeness (QED) is 0.902. The molecule has 5 heteroatoms. The molecular weight excluding hydrogens is 287 g/mol. The number of benzene rings is 1. The highest BCUT2D eigenvalue weighted by atomic mass is 35.5. The smallest absolute Gasteiger partial charge is 0.114 e. The second kappa shape index (κ2) is 6.02. The van der Waals surface area contributed by atoms with Gasteiger partial charge in [0.15, 0.2) is 0 Å². The van der Waals surface area contributed by atoms with E-state index >= 15 is 0 Å². The molecule has 2 rings (SSSR count). The van der Waals surface area contributed by atoms with Crippen LogP contribution < -0.4 is 5.32 Å². The first-order chi connectivity index (χ1) is 8.61. The van der Waals surface area contributed by atoms with Crippen molar-refractivity contribution in [2.75, 3.05) is 6.54 Å². The van der Waals surface area contributed by atoms with E-state index in [9.17, 15) is 0 Å². The maximum Gasteiger partial charge on any atom is 0.114 e. The predicted molar refractivity (Wildman–Crippen MR) is 78.8 cm³/mol. The van der Waals surface area contributed by atoms with E-state index in [1.54, 1.807) is 11.3 Å². The Labute approximate surface area is 121 Å². The number of halogens is 2. The molecular formula is C13H14Cl2N2S. The summed E-state index contributed by atoms with van der Waals surface area (Å²) in [6.45, 7) is 4.94. The summed E-state index contributed by atoms with van der Waals surface area (Å²) < 4.78 is 0. The summed E-state index contributed by atoms with van der Waals surface area (Å²) >= 11 is 13.7. The number of aryl methyl sites for hydroxylation is 1. The Morgan fingerprint density at radius 3 is 2.67 bits per heavy atom. The molecule has 96 valence electrons. The van der Waals surface area contributed by atoms with Crippen LogP contribution in [0.4, 0.5) is 0 Å². The van der Waals surface area contributed by atoms with Gasteiger partial charge in [0, 0.05) is 11.1 Å². The Bertz CT molecular complexity index is 540. The minimum absolute atomic E-state index is 0.0727. The van der Waals surface area contributed by atoms with E-state index in [-0.39, 0.29) is 6.04 Å². The van der Waals surface area contributed by atoms with Crippen molar-refractivity contribution in [1.82, 2.24) is 10.3 Å². The summed E-state index contributed by atoms with van der Waals surface area (Å²) in [5.74, 6) is 0. The van der Waals surface area contributed by atoms with Crippen molar-refractivity contribution in [2.24, 2.45) is 0 Å². The summed E-state index contributed by atoms with van der Waals surface area (Å²) in [6, 6.07) is 5.78. The lowest BCUT2D eigenvalue weighted by molar-refractivity contribution is 0.626. The van der Waals surface area contributed by atoms with Crippen molar-refractivity contribution in [2.45, 2.75) is 19.9 Å². The second-order valence-electron chi connectivity index (χ2n) is 3.99. The fourth-order valence-corrected chi connectivity index (χ4v) is 2.95. The number of rotatable bonds is 4. The molecule has 18 heavy (non-hydrogen) atoms. The predicted octanol–water partition coefficient (Wildman–Crippen LogP) is 4.46. The molecule has 0 radical (unpaired) electrons. The van der Waals surface area contributed by atoms with Gasteiger partial charge >= 0.3 is 0 Å². The van der Waals surface area contributed by atoms with Gasteiger partial charge in [-0.1, -0.05) is 36.2 Å². The van der Waals surface area contributed by atoms with E-state index < -0.39 is 0 Å². The molecule has 0 aliphatic heterocycles. The Morgan fingerprint density at radius 2 is 2.11 bits per heavy atom. The van der Waals surface area contributed by atoms with Gasteiger partial charge in [0.25, 0.3) is 0 Å². The summed E-state index contributed by atoms with van der Waals surface area (Å²) in [5.41, 5.74) is 2.12. The normalized spacial score (nSPS) is 12.7. The molecule has 2 nitrogen and oxygen atoms in total. The van der Waals surface area contributed by atoms with Gasteiger partial charge in [0.1, 0.15) is 5.01 Å². The molecule has 1 atom stereocenters. The Morgan fingerprint density at radius 1 is 1.33 bits per heavy atom. The van der Waals surface area contributed by atoms with Crippen LogP contribution in [-0.4, -0.2) is 11.5 Å². The minimum Gasteiger partial charge on any atom is -0.305 e. The minimum atomic E-state index is 0.0727. The third-order valence-electron chi connectivity index (χ3n) is 2.57. The van der Waals surface area contributed by atoms with Gasteiger partial charge in [-0.2, -0.15) is 0 Å². The van der Waals surface area contributed by atoms with E-state index in [1.807, 2.05) is 25.1 Å². The van der Waals surface area contributed by atoms with Gasteiger partial charge in [-0.15, -0.1) is 11.3 Å². The number of thiazole rings is 1. The van der Waals surface area contributed by atoms with Gasteiger partial charge in [-0.25, -0.2) is 4.98 Å². The van der Waals surface area contributed by atoms with Crippen LogP contribution in [0.2, 0.25) is 10.0 Å². The number of hydrogen-bond acceptors (Lipinski definition) is 3. The van der Waals surface area contributed by atoms with Crippen LogP contribution in [0.15, 0.2) is 23.6 Å². The molecule has 1 N–H and O–H groups in total. The lowest BCUT2D eigenvalue weighted by atomic mass is 10.1. The average Bonchev–Trinajstić information content (AvgIpc) is 2.76. The molecule has 0 amide bonds. The standard InChI is InChI=1S/C13H14Cl2N2S/c1-3-16-12(13-17-8(2)7-18-13)9-4-5-10(14)11(15)6-9/h4-7,12,16H,3H2,1-2H3. The molecule has 1 heterocycles. The molecule has 0 saturated heterocycles. The molecule has 1 aromatic heterocycles. The van der Waals surface area contributed by atoms with Gasteiger partial charge < -0.3 is 5.32 Å². The highest BCUT2D eigenvalue weighted by Gasteiger charge is 2.17.